The van der Waals surface area contributed by atoms with Crippen LogP contribution in [0, 0.1) is 0 Å². The molecule has 0 fully saturated rings. The summed E-state index contributed by atoms with van der Waals surface area (Å²) in [6.07, 6.45) is -3.62. The maximum Gasteiger partial charge on any atom is 0.198 e. The van der Waals surface area contributed by atoms with Gasteiger partial charge < -0.3 is 21.7 Å². The first-order chi connectivity index (χ1) is 7.45. The minimum atomic E-state index is -1.82. The molecule has 1 aliphatic rings. The number of carbonyl (C=O) groups is 2. The second-order valence-electron chi connectivity index (χ2n) is 3.61. The van der Waals surface area contributed by atoms with Gasteiger partial charge in [0.15, 0.2) is 23.8 Å². The van der Waals surface area contributed by atoms with E-state index >= 15 is 0 Å². The van der Waals surface area contributed by atoms with Crippen LogP contribution in [0.2, 0.25) is 0 Å². The van der Waals surface area contributed by atoms with Crippen molar-refractivity contribution in [3.63, 3.8) is 0 Å². The molecular weight excluding hydrogens is 212 g/mol. The molecule has 84 valence electrons. The van der Waals surface area contributed by atoms with Crippen molar-refractivity contribution in [3.05, 3.63) is 23.3 Å². The lowest BCUT2D eigenvalue weighted by atomic mass is 10.0. The van der Waals surface area contributed by atoms with E-state index in [2.05, 4.69) is 0 Å². The largest absolute Gasteiger partial charge is 0.398 e. The SMILES string of the molecule is Nc1ccc2c(N)c1C(=O)C(O)C(O)C2=O. The normalized spacial score (nSPS) is 24.4. The number of nitrogens with two attached hydrogens (primary N) is 2. The van der Waals surface area contributed by atoms with Gasteiger partial charge in [0.1, 0.15) is 0 Å². The van der Waals surface area contributed by atoms with Crippen molar-refractivity contribution in [2.24, 2.45) is 0 Å². The maximum absolute atomic E-state index is 11.7. The van der Waals surface area contributed by atoms with Gasteiger partial charge in [0.2, 0.25) is 0 Å². The van der Waals surface area contributed by atoms with Crippen LogP contribution in [-0.2, 0) is 0 Å². The van der Waals surface area contributed by atoms with Crippen molar-refractivity contribution in [1.29, 1.82) is 0 Å². The maximum atomic E-state index is 11.7. The summed E-state index contributed by atoms with van der Waals surface area (Å²) in [6.45, 7) is 0. The Labute approximate surface area is 90.5 Å². The van der Waals surface area contributed by atoms with Gasteiger partial charge in [0, 0.05) is 11.3 Å². The van der Waals surface area contributed by atoms with Gasteiger partial charge in [-0.2, -0.15) is 0 Å². The van der Waals surface area contributed by atoms with Crippen LogP contribution < -0.4 is 11.5 Å². The Morgan fingerprint density at radius 1 is 1.00 bits per heavy atom. The second-order valence-corrected chi connectivity index (χ2v) is 3.61. The molecule has 6 heteroatoms. The van der Waals surface area contributed by atoms with Gasteiger partial charge in [-0.15, -0.1) is 0 Å². The third-order valence-corrected chi connectivity index (χ3v) is 2.63. The number of fused-ring (bicyclic) bond motifs is 2. The summed E-state index contributed by atoms with van der Waals surface area (Å²) < 4.78 is 0. The molecule has 2 bridgehead atoms. The second kappa shape index (κ2) is 3.29. The Balaban J connectivity index is 2.77. The summed E-state index contributed by atoms with van der Waals surface area (Å²) in [7, 11) is 0. The number of benzene rings is 1. The fourth-order valence-electron chi connectivity index (χ4n) is 1.72. The summed E-state index contributed by atoms with van der Waals surface area (Å²) in [5, 5.41) is 18.9. The van der Waals surface area contributed by atoms with E-state index in [1.807, 2.05) is 0 Å². The third kappa shape index (κ3) is 1.21. The zero-order valence-corrected chi connectivity index (χ0v) is 8.18. The minimum Gasteiger partial charge on any atom is -0.398 e. The molecule has 6 N–H and O–H groups in total. The summed E-state index contributed by atoms with van der Waals surface area (Å²) in [5.41, 5.74) is 11.0. The predicted molar refractivity (Wildman–Crippen MR) is 55.9 cm³/mol. The highest BCUT2D eigenvalue weighted by Gasteiger charge is 2.38. The summed E-state index contributed by atoms with van der Waals surface area (Å²) in [5.74, 6) is -1.62. The molecule has 2 atom stereocenters. The minimum absolute atomic E-state index is 0.00148. The van der Waals surface area contributed by atoms with E-state index in [0.717, 1.165) is 0 Å². The van der Waals surface area contributed by atoms with E-state index in [0.29, 0.717) is 0 Å². The summed E-state index contributed by atoms with van der Waals surface area (Å²) in [6, 6.07) is 2.67. The number of rotatable bonds is 0. The van der Waals surface area contributed by atoms with Gasteiger partial charge in [-0.1, -0.05) is 0 Å². The molecule has 0 saturated carbocycles. The van der Waals surface area contributed by atoms with Crippen LogP contribution in [0.4, 0.5) is 11.4 Å². The van der Waals surface area contributed by atoms with E-state index in [1.54, 1.807) is 0 Å². The lowest BCUT2D eigenvalue weighted by molar-refractivity contribution is 0.0225. The Hall–Kier alpha value is -1.92. The highest BCUT2D eigenvalue weighted by Crippen LogP contribution is 2.30. The van der Waals surface area contributed by atoms with Crippen LogP contribution in [0.15, 0.2) is 12.1 Å². The van der Waals surface area contributed by atoms with Crippen molar-refractivity contribution < 1.29 is 19.8 Å². The highest BCUT2D eigenvalue weighted by molar-refractivity contribution is 6.19. The first-order valence-corrected chi connectivity index (χ1v) is 4.57. The number of nitrogen functional groups attached to an aromatic ring is 2. The fraction of sp³-hybridized carbons (Fsp3) is 0.200. The molecule has 0 saturated heterocycles. The molecule has 0 spiro atoms. The highest BCUT2D eigenvalue weighted by atomic mass is 16.3. The molecule has 16 heavy (non-hydrogen) atoms. The molecule has 1 aromatic rings. The monoisotopic (exact) mass is 222 g/mol. The van der Waals surface area contributed by atoms with Crippen LogP contribution >= 0.6 is 0 Å². The molecule has 0 aliphatic heterocycles. The van der Waals surface area contributed by atoms with E-state index < -0.39 is 23.8 Å². The van der Waals surface area contributed by atoms with E-state index in [-0.39, 0.29) is 22.5 Å². The van der Waals surface area contributed by atoms with Gasteiger partial charge in [0.05, 0.1) is 11.3 Å². The Morgan fingerprint density at radius 3 is 2.19 bits per heavy atom. The predicted octanol–water partition coefficient (Wildman–Crippen LogP) is -1.05. The number of carbonyl (C=O) groups excluding carboxylic acids is 2. The van der Waals surface area contributed by atoms with Gasteiger partial charge >= 0.3 is 0 Å². The zero-order chi connectivity index (χ0) is 12.0. The summed E-state index contributed by atoms with van der Waals surface area (Å²) >= 11 is 0. The molecular formula is C10H10N2O4. The standard InChI is InChI=1S/C10H10N2O4/c11-4-2-1-3-6(12)5(4)8(14)10(16)9(15)7(3)13/h1-2,9-10,15-16H,11-12H2. The van der Waals surface area contributed by atoms with Crippen molar-refractivity contribution in [2.75, 3.05) is 11.5 Å². The van der Waals surface area contributed by atoms with Crippen LogP contribution in [0.3, 0.4) is 0 Å². The van der Waals surface area contributed by atoms with Crippen LogP contribution in [0.1, 0.15) is 20.7 Å². The van der Waals surface area contributed by atoms with Crippen molar-refractivity contribution >= 4 is 22.9 Å². The van der Waals surface area contributed by atoms with E-state index in [9.17, 15) is 19.8 Å². The molecule has 2 rings (SSSR count). The molecule has 6 nitrogen and oxygen atoms in total. The molecule has 2 unspecified atom stereocenters. The van der Waals surface area contributed by atoms with Crippen molar-refractivity contribution in [1.82, 2.24) is 0 Å². The quantitative estimate of drug-likeness (QED) is 0.415. The van der Waals surface area contributed by atoms with Crippen LogP contribution in [0.25, 0.3) is 0 Å². The average Bonchev–Trinajstić information content (AvgIpc) is 2.28. The Bertz CT molecular complexity index is 498. The van der Waals surface area contributed by atoms with Gasteiger partial charge in [-0.05, 0) is 12.1 Å². The van der Waals surface area contributed by atoms with Crippen LogP contribution in [0.5, 0.6) is 0 Å². The molecule has 1 aromatic carbocycles. The molecule has 0 radical (unpaired) electrons. The zero-order valence-electron chi connectivity index (χ0n) is 8.18. The number of ketones is 2. The molecule has 0 amide bonds. The third-order valence-electron chi connectivity index (χ3n) is 2.63. The number of hydrogen-bond donors (Lipinski definition) is 4. The number of hydrogen-bond acceptors (Lipinski definition) is 6. The average molecular weight is 222 g/mol. The molecule has 1 aliphatic carbocycles. The first kappa shape index (κ1) is 10.6. The summed E-state index contributed by atoms with van der Waals surface area (Å²) in [4.78, 5) is 23.3. The van der Waals surface area contributed by atoms with Gasteiger partial charge in [-0.25, -0.2) is 0 Å². The van der Waals surface area contributed by atoms with E-state index in [4.69, 9.17) is 11.5 Å². The number of aliphatic hydroxyl groups is 2. The molecule has 0 heterocycles. The van der Waals surface area contributed by atoms with Crippen molar-refractivity contribution in [2.45, 2.75) is 12.2 Å². The van der Waals surface area contributed by atoms with Gasteiger partial charge in [-0.3, -0.25) is 9.59 Å². The van der Waals surface area contributed by atoms with Gasteiger partial charge in [0.25, 0.3) is 0 Å². The topological polar surface area (TPSA) is 127 Å². The van der Waals surface area contributed by atoms with E-state index in [1.165, 1.54) is 12.1 Å². The Morgan fingerprint density at radius 2 is 1.56 bits per heavy atom. The number of aliphatic hydroxyl groups excluding tert-OH is 2. The first-order valence-electron chi connectivity index (χ1n) is 4.57. The molecule has 0 aromatic heterocycles. The van der Waals surface area contributed by atoms with Crippen LogP contribution in [-0.4, -0.2) is 34.0 Å². The lowest BCUT2D eigenvalue weighted by Gasteiger charge is -2.11. The number of Topliss-reactive ketones (excluding diaryl/α,β-unsaturated/α-hetero) is 2. The lowest BCUT2D eigenvalue weighted by Crippen LogP contribution is -2.37. The smallest absolute Gasteiger partial charge is 0.198 e. The number of anilines is 2. The van der Waals surface area contributed by atoms with Crippen molar-refractivity contribution in [3.8, 4) is 0 Å². The fourth-order valence-corrected chi connectivity index (χ4v) is 1.72. The Kier molecular flexibility index (Phi) is 2.18.